The number of nitrogen functional groups attached to an aromatic ring is 1. The molecule has 3 nitrogen and oxygen atoms in total. The first kappa shape index (κ1) is 9.66. The molecule has 1 aliphatic heterocycles. The third-order valence-corrected chi connectivity index (χ3v) is 3.43. The lowest BCUT2D eigenvalue weighted by Crippen LogP contribution is -2.08. The molecule has 0 radical (unpaired) electrons. The lowest BCUT2D eigenvalue weighted by atomic mass is 10.0. The van der Waals surface area contributed by atoms with Gasteiger partial charge in [0, 0.05) is 5.56 Å². The third-order valence-electron chi connectivity index (χ3n) is 2.78. The van der Waals surface area contributed by atoms with Crippen LogP contribution in [0, 0.1) is 0 Å². The number of nitrogens with zero attached hydrogens (tertiary/aromatic N) is 1. The second kappa shape index (κ2) is 3.79. The number of aromatic nitrogens is 1. The van der Waals surface area contributed by atoms with E-state index in [-0.39, 0.29) is 0 Å². The molecule has 0 aliphatic carbocycles. The average Bonchev–Trinajstić information content (AvgIpc) is 2.75. The highest BCUT2D eigenvalue weighted by atomic mass is 32.1. The highest BCUT2D eigenvalue weighted by Crippen LogP contribution is 2.33. The van der Waals surface area contributed by atoms with Crippen molar-refractivity contribution in [3.63, 3.8) is 0 Å². The lowest BCUT2D eigenvalue weighted by Gasteiger charge is -2.17. The van der Waals surface area contributed by atoms with Gasteiger partial charge in [-0.05, 0) is 36.6 Å². The van der Waals surface area contributed by atoms with E-state index in [1.165, 1.54) is 16.9 Å². The number of aryl methyl sites for hydroxylation is 1. The van der Waals surface area contributed by atoms with Gasteiger partial charge < -0.3 is 10.5 Å². The first-order chi connectivity index (χ1) is 7.84. The van der Waals surface area contributed by atoms with Crippen LogP contribution in [-0.4, -0.2) is 11.6 Å². The summed E-state index contributed by atoms with van der Waals surface area (Å²) in [5.74, 6) is 1.00. The van der Waals surface area contributed by atoms with E-state index in [0.717, 1.165) is 41.5 Å². The number of anilines is 1. The molecule has 0 spiro atoms. The molecular formula is C12H12N2OS. The maximum absolute atomic E-state index is 5.87. The fourth-order valence-corrected chi connectivity index (χ4v) is 2.53. The highest BCUT2D eigenvalue weighted by molar-refractivity contribution is 7.14. The van der Waals surface area contributed by atoms with Crippen molar-refractivity contribution in [3.05, 3.63) is 29.3 Å². The standard InChI is InChI=1S/C12H12N2OS/c13-12-11(14-7-16-12)9-3-4-10-8(6-9)2-1-5-15-10/h3-4,6-7H,1-2,5,13H2. The zero-order valence-electron chi connectivity index (χ0n) is 8.77. The highest BCUT2D eigenvalue weighted by Gasteiger charge is 2.13. The van der Waals surface area contributed by atoms with E-state index in [9.17, 15) is 0 Å². The Morgan fingerprint density at radius 2 is 2.31 bits per heavy atom. The maximum Gasteiger partial charge on any atom is 0.122 e. The summed E-state index contributed by atoms with van der Waals surface area (Å²) in [6.07, 6.45) is 2.16. The number of fused-ring (bicyclic) bond motifs is 1. The summed E-state index contributed by atoms with van der Waals surface area (Å²) >= 11 is 1.47. The van der Waals surface area contributed by atoms with Crippen LogP contribution in [0.2, 0.25) is 0 Å². The Balaban J connectivity index is 2.06. The second-order valence-electron chi connectivity index (χ2n) is 3.84. The molecule has 16 heavy (non-hydrogen) atoms. The quantitative estimate of drug-likeness (QED) is 0.822. The van der Waals surface area contributed by atoms with Gasteiger partial charge >= 0.3 is 0 Å². The monoisotopic (exact) mass is 232 g/mol. The van der Waals surface area contributed by atoms with Crippen LogP contribution < -0.4 is 10.5 Å². The minimum absolute atomic E-state index is 0.775. The molecule has 3 rings (SSSR count). The zero-order valence-corrected chi connectivity index (χ0v) is 9.59. The first-order valence-corrected chi connectivity index (χ1v) is 6.17. The van der Waals surface area contributed by atoms with Gasteiger partial charge in [0.2, 0.25) is 0 Å². The van der Waals surface area contributed by atoms with Crippen molar-refractivity contribution in [2.24, 2.45) is 0 Å². The summed E-state index contributed by atoms with van der Waals surface area (Å²) < 4.78 is 5.58. The summed E-state index contributed by atoms with van der Waals surface area (Å²) in [5.41, 5.74) is 10.9. The summed E-state index contributed by atoms with van der Waals surface area (Å²) in [7, 11) is 0. The van der Waals surface area contributed by atoms with Crippen LogP contribution in [-0.2, 0) is 6.42 Å². The molecule has 0 saturated carbocycles. The predicted molar refractivity (Wildman–Crippen MR) is 65.8 cm³/mol. The van der Waals surface area contributed by atoms with Gasteiger partial charge in [-0.15, -0.1) is 11.3 Å². The largest absolute Gasteiger partial charge is 0.493 e. The summed E-state index contributed by atoms with van der Waals surface area (Å²) in [4.78, 5) is 4.29. The minimum atomic E-state index is 0.775. The molecule has 2 aromatic rings. The molecule has 82 valence electrons. The van der Waals surface area contributed by atoms with Crippen molar-refractivity contribution < 1.29 is 4.74 Å². The Bertz CT molecular complexity index is 521. The van der Waals surface area contributed by atoms with E-state index >= 15 is 0 Å². The molecule has 0 amide bonds. The van der Waals surface area contributed by atoms with E-state index in [1.54, 1.807) is 5.51 Å². The number of ether oxygens (including phenoxy) is 1. The fourth-order valence-electron chi connectivity index (χ4n) is 1.98. The van der Waals surface area contributed by atoms with Crippen molar-refractivity contribution in [2.45, 2.75) is 12.8 Å². The second-order valence-corrected chi connectivity index (χ2v) is 4.73. The Morgan fingerprint density at radius 3 is 3.12 bits per heavy atom. The topological polar surface area (TPSA) is 48.1 Å². The van der Waals surface area contributed by atoms with E-state index in [2.05, 4.69) is 11.1 Å². The normalized spacial score (nSPS) is 14.2. The van der Waals surface area contributed by atoms with Crippen molar-refractivity contribution in [2.75, 3.05) is 12.3 Å². The summed E-state index contributed by atoms with van der Waals surface area (Å²) in [6.45, 7) is 0.825. The number of hydrogen-bond acceptors (Lipinski definition) is 4. The number of rotatable bonds is 1. The molecular weight excluding hydrogens is 220 g/mol. The fraction of sp³-hybridized carbons (Fsp3) is 0.250. The van der Waals surface area contributed by atoms with Gasteiger partial charge in [-0.3, -0.25) is 0 Å². The predicted octanol–water partition coefficient (Wildman–Crippen LogP) is 2.72. The van der Waals surface area contributed by atoms with Gasteiger partial charge in [0.25, 0.3) is 0 Å². The van der Waals surface area contributed by atoms with Crippen LogP contribution in [0.15, 0.2) is 23.7 Å². The smallest absolute Gasteiger partial charge is 0.122 e. The molecule has 0 fully saturated rings. The van der Waals surface area contributed by atoms with Crippen LogP contribution in [0.25, 0.3) is 11.3 Å². The summed E-state index contributed by atoms with van der Waals surface area (Å²) in [5, 5.41) is 0.775. The maximum atomic E-state index is 5.87. The van der Waals surface area contributed by atoms with Gasteiger partial charge in [-0.1, -0.05) is 0 Å². The van der Waals surface area contributed by atoms with Gasteiger partial charge in [0.05, 0.1) is 12.1 Å². The molecule has 1 aromatic carbocycles. The van der Waals surface area contributed by atoms with Crippen molar-refractivity contribution in [3.8, 4) is 17.0 Å². The SMILES string of the molecule is Nc1scnc1-c1ccc2c(c1)CCCO2. The molecule has 2 heterocycles. The van der Waals surface area contributed by atoms with Crippen molar-refractivity contribution in [1.82, 2.24) is 4.98 Å². The molecule has 2 N–H and O–H groups in total. The van der Waals surface area contributed by atoms with Crippen molar-refractivity contribution in [1.29, 1.82) is 0 Å². The zero-order chi connectivity index (χ0) is 11.0. The van der Waals surface area contributed by atoms with Crippen LogP contribution in [0.4, 0.5) is 5.00 Å². The van der Waals surface area contributed by atoms with E-state index in [1.807, 2.05) is 12.1 Å². The third kappa shape index (κ3) is 1.55. The van der Waals surface area contributed by atoms with Crippen molar-refractivity contribution >= 4 is 16.3 Å². The number of benzene rings is 1. The van der Waals surface area contributed by atoms with Crippen LogP contribution in [0.1, 0.15) is 12.0 Å². The number of hydrogen-bond donors (Lipinski definition) is 1. The minimum Gasteiger partial charge on any atom is -0.493 e. The molecule has 1 aliphatic rings. The van der Waals surface area contributed by atoms with Crippen LogP contribution in [0.3, 0.4) is 0 Å². The molecule has 0 saturated heterocycles. The van der Waals surface area contributed by atoms with Crippen LogP contribution in [0.5, 0.6) is 5.75 Å². The van der Waals surface area contributed by atoms with Gasteiger partial charge in [-0.2, -0.15) is 0 Å². The van der Waals surface area contributed by atoms with Gasteiger partial charge in [-0.25, -0.2) is 4.98 Å². The Morgan fingerprint density at radius 1 is 1.38 bits per heavy atom. The van der Waals surface area contributed by atoms with E-state index < -0.39 is 0 Å². The number of nitrogens with two attached hydrogens (primary N) is 1. The summed E-state index contributed by atoms with van der Waals surface area (Å²) in [6, 6.07) is 6.18. The van der Waals surface area contributed by atoms with Crippen LogP contribution >= 0.6 is 11.3 Å². The van der Waals surface area contributed by atoms with Gasteiger partial charge in [0.15, 0.2) is 0 Å². The Labute approximate surface area is 97.9 Å². The Hall–Kier alpha value is -1.55. The van der Waals surface area contributed by atoms with Gasteiger partial charge in [0.1, 0.15) is 16.4 Å². The molecule has 1 aromatic heterocycles. The lowest BCUT2D eigenvalue weighted by molar-refractivity contribution is 0.288. The first-order valence-electron chi connectivity index (χ1n) is 5.29. The number of thiazole rings is 1. The van der Waals surface area contributed by atoms with E-state index in [4.69, 9.17) is 10.5 Å². The molecule has 0 atom stereocenters. The molecule has 0 unspecified atom stereocenters. The Kier molecular flexibility index (Phi) is 2.29. The van der Waals surface area contributed by atoms with E-state index in [0.29, 0.717) is 0 Å². The molecule has 0 bridgehead atoms. The average molecular weight is 232 g/mol. The molecule has 4 heteroatoms.